The average molecular weight is 271 g/mol. The van der Waals surface area contributed by atoms with Crippen molar-refractivity contribution in [1.82, 2.24) is 5.32 Å². The van der Waals surface area contributed by atoms with Crippen LogP contribution in [0.25, 0.3) is 0 Å². The second-order valence-corrected chi connectivity index (χ2v) is 5.93. The van der Waals surface area contributed by atoms with E-state index < -0.39 is 0 Å². The van der Waals surface area contributed by atoms with Gasteiger partial charge in [0.25, 0.3) is 0 Å². The summed E-state index contributed by atoms with van der Waals surface area (Å²) in [6.07, 6.45) is 0. The number of nitrogens with one attached hydrogen (secondary N) is 1. The van der Waals surface area contributed by atoms with Crippen LogP contribution in [0.2, 0.25) is 0 Å². The Bertz CT molecular complexity index is 531. The molecule has 0 aromatic heterocycles. The third-order valence-electron chi connectivity index (χ3n) is 3.28. The first-order chi connectivity index (χ1) is 9.19. The van der Waals surface area contributed by atoms with Crippen LogP contribution in [0.5, 0.6) is 0 Å². The van der Waals surface area contributed by atoms with E-state index in [-0.39, 0.29) is 0 Å². The van der Waals surface area contributed by atoms with Crippen molar-refractivity contribution in [3.63, 3.8) is 0 Å². The molecular weight excluding hydrogens is 250 g/mol. The monoisotopic (exact) mass is 271 g/mol. The van der Waals surface area contributed by atoms with Crippen LogP contribution in [0, 0.1) is 13.8 Å². The van der Waals surface area contributed by atoms with E-state index >= 15 is 0 Å². The van der Waals surface area contributed by atoms with E-state index in [0.29, 0.717) is 0 Å². The van der Waals surface area contributed by atoms with Gasteiger partial charge in [-0.2, -0.15) is 0 Å². The molecule has 0 heterocycles. The zero-order chi connectivity index (χ0) is 13.7. The first-order valence-corrected chi connectivity index (χ1v) is 7.60. The molecule has 100 valence electrons. The number of hydrogen-bond donors (Lipinski definition) is 1. The second-order valence-electron chi connectivity index (χ2n) is 4.88. The van der Waals surface area contributed by atoms with Gasteiger partial charge in [0, 0.05) is 17.2 Å². The fraction of sp³-hybridized carbons (Fsp3) is 0.294. The van der Waals surface area contributed by atoms with Gasteiger partial charge in [-0.25, -0.2) is 0 Å². The minimum Gasteiger partial charge on any atom is -0.316 e. The number of hydrogen-bond acceptors (Lipinski definition) is 2. The Morgan fingerprint density at radius 2 is 1.58 bits per heavy atom. The Hall–Kier alpha value is -1.25. The molecule has 0 aliphatic rings. The highest BCUT2D eigenvalue weighted by molar-refractivity contribution is 7.98. The third kappa shape index (κ3) is 4.12. The molecule has 2 aromatic carbocycles. The molecule has 0 amide bonds. The third-order valence-corrected chi connectivity index (χ3v) is 4.36. The van der Waals surface area contributed by atoms with Gasteiger partial charge in [-0.1, -0.05) is 30.3 Å². The topological polar surface area (TPSA) is 12.0 Å². The van der Waals surface area contributed by atoms with Crippen LogP contribution in [-0.2, 0) is 12.3 Å². The van der Waals surface area contributed by atoms with Crippen molar-refractivity contribution >= 4 is 11.8 Å². The summed E-state index contributed by atoms with van der Waals surface area (Å²) in [5.74, 6) is 1.03. The van der Waals surface area contributed by atoms with Crippen LogP contribution in [-0.4, -0.2) is 7.05 Å². The smallest absolute Gasteiger partial charge is 0.0232 e. The maximum absolute atomic E-state index is 3.17. The minimum atomic E-state index is 0.933. The molecule has 0 bridgehead atoms. The SMILES string of the molecule is CNCc1ccc(SCc2ccc(C)c(C)c2)cc1. The number of thioether (sulfide) groups is 1. The summed E-state index contributed by atoms with van der Waals surface area (Å²) in [5.41, 5.74) is 5.47. The summed E-state index contributed by atoms with van der Waals surface area (Å²) in [4.78, 5) is 1.33. The quantitative estimate of drug-likeness (QED) is 0.813. The Morgan fingerprint density at radius 1 is 0.895 bits per heavy atom. The molecule has 0 atom stereocenters. The predicted molar refractivity (Wildman–Crippen MR) is 84.7 cm³/mol. The number of benzene rings is 2. The van der Waals surface area contributed by atoms with Gasteiger partial charge >= 0.3 is 0 Å². The van der Waals surface area contributed by atoms with E-state index in [4.69, 9.17) is 0 Å². The van der Waals surface area contributed by atoms with E-state index in [0.717, 1.165) is 12.3 Å². The molecule has 2 heteroatoms. The molecule has 1 nitrogen and oxygen atoms in total. The van der Waals surface area contributed by atoms with Gasteiger partial charge in [0.15, 0.2) is 0 Å². The summed E-state index contributed by atoms with van der Waals surface area (Å²) < 4.78 is 0. The largest absolute Gasteiger partial charge is 0.316 e. The Balaban J connectivity index is 1.96. The summed E-state index contributed by atoms with van der Waals surface area (Å²) >= 11 is 1.89. The molecule has 0 spiro atoms. The van der Waals surface area contributed by atoms with Crippen LogP contribution in [0.1, 0.15) is 22.3 Å². The highest BCUT2D eigenvalue weighted by Crippen LogP contribution is 2.24. The number of rotatable bonds is 5. The van der Waals surface area contributed by atoms with Crippen molar-refractivity contribution in [3.8, 4) is 0 Å². The van der Waals surface area contributed by atoms with Crippen LogP contribution >= 0.6 is 11.8 Å². The highest BCUT2D eigenvalue weighted by atomic mass is 32.2. The van der Waals surface area contributed by atoms with Crippen molar-refractivity contribution in [2.75, 3.05) is 7.05 Å². The Morgan fingerprint density at radius 3 is 2.21 bits per heavy atom. The van der Waals surface area contributed by atoms with Crippen molar-refractivity contribution < 1.29 is 0 Å². The standard InChI is InChI=1S/C17H21NS/c1-13-4-5-16(10-14(13)2)12-19-17-8-6-15(7-9-17)11-18-3/h4-10,18H,11-12H2,1-3H3. The molecule has 0 saturated heterocycles. The van der Waals surface area contributed by atoms with Gasteiger partial charge in [-0.15, -0.1) is 11.8 Å². The molecule has 0 radical (unpaired) electrons. The zero-order valence-electron chi connectivity index (χ0n) is 11.9. The molecule has 0 fully saturated rings. The summed E-state index contributed by atoms with van der Waals surface area (Å²) in [7, 11) is 1.97. The Labute approximate surface area is 120 Å². The molecule has 1 N–H and O–H groups in total. The molecule has 2 rings (SSSR count). The summed E-state index contributed by atoms with van der Waals surface area (Å²) in [6, 6.07) is 15.5. The zero-order valence-corrected chi connectivity index (χ0v) is 12.7. The average Bonchev–Trinajstić information content (AvgIpc) is 2.42. The van der Waals surface area contributed by atoms with E-state index in [1.165, 1.54) is 27.1 Å². The lowest BCUT2D eigenvalue weighted by Gasteiger charge is -2.06. The highest BCUT2D eigenvalue weighted by Gasteiger charge is 1.99. The van der Waals surface area contributed by atoms with Crippen molar-refractivity contribution in [2.24, 2.45) is 0 Å². The second kappa shape index (κ2) is 6.78. The fourth-order valence-electron chi connectivity index (χ4n) is 1.97. The van der Waals surface area contributed by atoms with Crippen LogP contribution < -0.4 is 5.32 Å². The molecule has 0 saturated carbocycles. The molecule has 0 aliphatic carbocycles. The van der Waals surface area contributed by atoms with Crippen molar-refractivity contribution in [2.45, 2.75) is 31.0 Å². The maximum Gasteiger partial charge on any atom is 0.0232 e. The predicted octanol–water partition coefficient (Wildman–Crippen LogP) is 4.32. The minimum absolute atomic E-state index is 0.933. The van der Waals surface area contributed by atoms with Crippen molar-refractivity contribution in [1.29, 1.82) is 0 Å². The van der Waals surface area contributed by atoms with Gasteiger partial charge < -0.3 is 5.32 Å². The van der Waals surface area contributed by atoms with Crippen LogP contribution in [0.15, 0.2) is 47.4 Å². The van der Waals surface area contributed by atoms with Gasteiger partial charge in [-0.3, -0.25) is 0 Å². The summed E-state index contributed by atoms with van der Waals surface area (Å²) in [5, 5.41) is 3.17. The van der Waals surface area contributed by atoms with E-state index in [9.17, 15) is 0 Å². The molecule has 0 unspecified atom stereocenters. The fourth-order valence-corrected chi connectivity index (χ4v) is 2.81. The van der Waals surface area contributed by atoms with E-state index in [1.54, 1.807) is 0 Å². The van der Waals surface area contributed by atoms with Gasteiger partial charge in [0.1, 0.15) is 0 Å². The van der Waals surface area contributed by atoms with Crippen LogP contribution in [0.4, 0.5) is 0 Å². The molecule has 2 aromatic rings. The lowest BCUT2D eigenvalue weighted by molar-refractivity contribution is 0.817. The van der Waals surface area contributed by atoms with E-state index in [2.05, 4.69) is 61.6 Å². The van der Waals surface area contributed by atoms with E-state index in [1.807, 2.05) is 18.8 Å². The molecule has 0 aliphatic heterocycles. The first kappa shape index (κ1) is 14.2. The normalized spacial score (nSPS) is 10.7. The lowest BCUT2D eigenvalue weighted by Crippen LogP contribution is -2.04. The lowest BCUT2D eigenvalue weighted by atomic mass is 10.1. The van der Waals surface area contributed by atoms with Gasteiger partial charge in [-0.05, 0) is 55.3 Å². The summed E-state index contributed by atoms with van der Waals surface area (Å²) in [6.45, 7) is 5.27. The molecule has 19 heavy (non-hydrogen) atoms. The Kier molecular flexibility index (Phi) is 5.06. The van der Waals surface area contributed by atoms with Crippen LogP contribution in [0.3, 0.4) is 0 Å². The van der Waals surface area contributed by atoms with Gasteiger partial charge in [0.05, 0.1) is 0 Å². The van der Waals surface area contributed by atoms with Crippen molar-refractivity contribution in [3.05, 3.63) is 64.7 Å². The number of aryl methyl sites for hydroxylation is 2. The molecular formula is C17H21NS. The van der Waals surface area contributed by atoms with Gasteiger partial charge in [0.2, 0.25) is 0 Å². The maximum atomic E-state index is 3.17. The first-order valence-electron chi connectivity index (χ1n) is 6.61.